The zero-order chi connectivity index (χ0) is 22.0. The van der Waals surface area contributed by atoms with Gasteiger partial charge in [0.25, 0.3) is 10.0 Å². The average Bonchev–Trinajstić information content (AvgIpc) is 3.42. The van der Waals surface area contributed by atoms with Gasteiger partial charge in [-0.15, -0.1) is 16.4 Å². The molecule has 9 nitrogen and oxygen atoms in total. The first-order valence-electron chi connectivity index (χ1n) is 8.98. The van der Waals surface area contributed by atoms with Gasteiger partial charge in [0.1, 0.15) is 16.3 Å². The molecule has 0 spiro atoms. The van der Waals surface area contributed by atoms with Crippen LogP contribution in [0.25, 0.3) is 10.8 Å². The zero-order valence-electron chi connectivity index (χ0n) is 16.1. The molecular formula is C19H17N5O4S3. The Morgan fingerprint density at radius 1 is 1.23 bits per heavy atom. The minimum atomic E-state index is -3.89. The number of anilines is 1. The number of phenolic OH excluding ortho intramolecular Hbond substituents is 1. The van der Waals surface area contributed by atoms with Gasteiger partial charge in [0, 0.05) is 22.6 Å². The van der Waals surface area contributed by atoms with Crippen molar-refractivity contribution in [2.24, 2.45) is 0 Å². The van der Waals surface area contributed by atoms with Crippen LogP contribution in [0.4, 0.5) is 5.69 Å². The normalized spacial score (nSPS) is 11.5. The summed E-state index contributed by atoms with van der Waals surface area (Å²) in [5.41, 5.74) is 0.322. The number of hydrogen-bond donors (Lipinski definition) is 4. The molecule has 0 saturated heterocycles. The second-order valence-corrected chi connectivity index (χ2v) is 10.5. The molecule has 1 amide bonds. The molecule has 0 aliphatic rings. The number of carbonyl (C=O) groups excluding carboxylic acids is 1. The summed E-state index contributed by atoms with van der Waals surface area (Å²) < 4.78 is 28.8. The Morgan fingerprint density at radius 2 is 2.00 bits per heavy atom. The van der Waals surface area contributed by atoms with E-state index in [0.717, 1.165) is 23.1 Å². The molecule has 0 saturated carbocycles. The Balaban J connectivity index is 1.70. The molecule has 0 aliphatic heterocycles. The van der Waals surface area contributed by atoms with Crippen LogP contribution in [-0.2, 0) is 21.4 Å². The van der Waals surface area contributed by atoms with E-state index in [1.165, 1.54) is 19.3 Å². The molecule has 31 heavy (non-hydrogen) atoms. The zero-order valence-corrected chi connectivity index (χ0v) is 18.6. The van der Waals surface area contributed by atoms with Crippen LogP contribution in [0.3, 0.4) is 0 Å². The Kier molecular flexibility index (Phi) is 5.85. The first kappa shape index (κ1) is 21.2. The lowest BCUT2D eigenvalue weighted by atomic mass is 10.1. The maximum Gasteiger partial charge on any atom is 0.271 e. The van der Waals surface area contributed by atoms with Gasteiger partial charge in [0.2, 0.25) is 11.1 Å². The second-order valence-electron chi connectivity index (χ2n) is 6.44. The number of nitrogens with one attached hydrogen (secondary N) is 3. The van der Waals surface area contributed by atoms with E-state index < -0.39 is 10.0 Å². The number of aromatic nitrogens is 3. The average molecular weight is 476 g/mol. The Hall–Kier alpha value is -3.09. The van der Waals surface area contributed by atoms with Gasteiger partial charge >= 0.3 is 0 Å². The summed E-state index contributed by atoms with van der Waals surface area (Å²) in [6, 6.07) is 11.7. The summed E-state index contributed by atoms with van der Waals surface area (Å²) in [4.78, 5) is 16.3. The van der Waals surface area contributed by atoms with Gasteiger partial charge in [-0.25, -0.2) is 13.4 Å². The SMILES string of the molecule is CC(=O)NCc1ccc(S(=O)(=O)Nc2cc(Sc3nc[nH]n3)c(O)c3ccccc23)s1. The number of hydrogen-bond acceptors (Lipinski definition) is 8. The number of phenols is 1. The molecule has 2 heterocycles. The van der Waals surface area contributed by atoms with Crippen molar-refractivity contribution in [2.45, 2.75) is 27.7 Å². The summed E-state index contributed by atoms with van der Waals surface area (Å²) in [6.07, 6.45) is 1.42. The van der Waals surface area contributed by atoms with Crippen LogP contribution in [0.15, 0.2) is 63.1 Å². The van der Waals surface area contributed by atoms with E-state index in [2.05, 4.69) is 25.2 Å². The number of sulfonamides is 1. The number of amides is 1. The number of nitrogens with zero attached hydrogens (tertiary/aromatic N) is 2. The highest BCUT2D eigenvalue weighted by atomic mass is 32.2. The molecule has 4 N–H and O–H groups in total. The van der Waals surface area contributed by atoms with E-state index in [4.69, 9.17) is 0 Å². The standard InChI is InChI=1S/C19H17N5O4S3/c1-11(25)20-9-12-6-7-17(29-12)31(27,28)24-15-8-16(30-19-21-10-22-23-19)18(26)14-5-3-2-4-13(14)15/h2-8,10,24,26H,9H2,1H3,(H,20,25)(H,21,22,23). The summed E-state index contributed by atoms with van der Waals surface area (Å²) in [7, 11) is -3.89. The minimum Gasteiger partial charge on any atom is -0.506 e. The van der Waals surface area contributed by atoms with Crippen LogP contribution in [0.2, 0.25) is 0 Å². The van der Waals surface area contributed by atoms with Crippen LogP contribution in [0.1, 0.15) is 11.8 Å². The van der Waals surface area contributed by atoms with Crippen LogP contribution in [-0.4, -0.2) is 34.6 Å². The number of aromatic hydroxyl groups is 1. The Labute approximate surface area is 186 Å². The number of aromatic amines is 1. The predicted octanol–water partition coefficient (Wildman–Crippen LogP) is 3.31. The molecule has 2 aromatic carbocycles. The molecule has 4 aromatic rings. The first-order chi connectivity index (χ1) is 14.8. The fraction of sp³-hybridized carbons (Fsp3) is 0.105. The van der Waals surface area contributed by atoms with Gasteiger partial charge in [-0.1, -0.05) is 24.3 Å². The third-order valence-corrected chi connectivity index (χ3v) is 8.09. The molecule has 0 aliphatic carbocycles. The van der Waals surface area contributed by atoms with Crippen molar-refractivity contribution < 1.29 is 18.3 Å². The third kappa shape index (κ3) is 4.65. The van der Waals surface area contributed by atoms with E-state index in [1.807, 2.05) is 0 Å². The molecule has 12 heteroatoms. The lowest BCUT2D eigenvalue weighted by Crippen LogP contribution is -2.18. The highest BCUT2D eigenvalue weighted by Crippen LogP contribution is 2.42. The Bertz CT molecular complexity index is 1350. The Morgan fingerprint density at radius 3 is 2.71 bits per heavy atom. The minimum absolute atomic E-state index is 0.0158. The molecule has 0 atom stereocenters. The van der Waals surface area contributed by atoms with E-state index in [1.54, 1.807) is 36.4 Å². The number of fused-ring (bicyclic) bond motifs is 1. The van der Waals surface area contributed by atoms with Gasteiger partial charge < -0.3 is 10.4 Å². The van der Waals surface area contributed by atoms with Crippen molar-refractivity contribution in [2.75, 3.05) is 4.72 Å². The van der Waals surface area contributed by atoms with Gasteiger partial charge in [0.05, 0.1) is 17.1 Å². The molecule has 0 fully saturated rings. The molecule has 160 valence electrons. The highest BCUT2D eigenvalue weighted by Gasteiger charge is 2.21. The lowest BCUT2D eigenvalue weighted by Gasteiger charge is -2.13. The van der Waals surface area contributed by atoms with Crippen molar-refractivity contribution in [1.82, 2.24) is 20.5 Å². The number of carbonyl (C=O) groups is 1. The van der Waals surface area contributed by atoms with Crippen molar-refractivity contribution in [1.29, 1.82) is 0 Å². The molecule has 0 radical (unpaired) electrons. The van der Waals surface area contributed by atoms with Crippen molar-refractivity contribution in [3.63, 3.8) is 0 Å². The summed E-state index contributed by atoms with van der Waals surface area (Å²) in [5.74, 6) is -0.176. The molecular weight excluding hydrogens is 458 g/mol. The van der Waals surface area contributed by atoms with Crippen molar-refractivity contribution >= 4 is 55.5 Å². The van der Waals surface area contributed by atoms with Crippen LogP contribution >= 0.6 is 23.1 Å². The quantitative estimate of drug-likeness (QED) is 0.301. The molecule has 0 bridgehead atoms. The maximum atomic E-state index is 13.0. The third-order valence-electron chi connectivity index (χ3n) is 4.23. The van der Waals surface area contributed by atoms with Crippen LogP contribution < -0.4 is 10.0 Å². The van der Waals surface area contributed by atoms with Crippen molar-refractivity contribution in [3.8, 4) is 5.75 Å². The monoisotopic (exact) mass is 475 g/mol. The summed E-state index contributed by atoms with van der Waals surface area (Å²) in [5, 5.41) is 21.4. The van der Waals surface area contributed by atoms with E-state index >= 15 is 0 Å². The number of rotatable bonds is 7. The van der Waals surface area contributed by atoms with Crippen molar-refractivity contribution in [3.05, 3.63) is 53.7 Å². The van der Waals surface area contributed by atoms with Crippen LogP contribution in [0.5, 0.6) is 5.75 Å². The van der Waals surface area contributed by atoms with Gasteiger partial charge in [-0.05, 0) is 30.0 Å². The second kappa shape index (κ2) is 8.57. The van der Waals surface area contributed by atoms with E-state index in [0.29, 0.717) is 31.4 Å². The first-order valence-corrected chi connectivity index (χ1v) is 12.1. The van der Waals surface area contributed by atoms with E-state index in [-0.39, 0.29) is 22.4 Å². The van der Waals surface area contributed by atoms with Gasteiger partial charge in [-0.2, -0.15) is 0 Å². The highest BCUT2D eigenvalue weighted by molar-refractivity contribution is 7.99. The topological polar surface area (TPSA) is 137 Å². The largest absolute Gasteiger partial charge is 0.506 e. The fourth-order valence-corrected chi connectivity index (χ4v) is 6.00. The molecule has 2 aromatic heterocycles. The smallest absolute Gasteiger partial charge is 0.271 e. The molecule has 0 unspecified atom stereocenters. The number of benzene rings is 2. The fourth-order valence-electron chi connectivity index (χ4n) is 2.85. The van der Waals surface area contributed by atoms with Gasteiger partial charge in [-0.3, -0.25) is 14.6 Å². The lowest BCUT2D eigenvalue weighted by molar-refractivity contribution is -0.119. The van der Waals surface area contributed by atoms with E-state index in [9.17, 15) is 18.3 Å². The van der Waals surface area contributed by atoms with Crippen LogP contribution in [0, 0.1) is 0 Å². The summed E-state index contributed by atoms with van der Waals surface area (Å²) >= 11 is 2.18. The van der Waals surface area contributed by atoms with Gasteiger partial charge in [0.15, 0.2) is 0 Å². The predicted molar refractivity (Wildman–Crippen MR) is 119 cm³/mol. The number of thiophene rings is 1. The molecule has 4 rings (SSSR count). The number of H-pyrrole nitrogens is 1. The summed E-state index contributed by atoms with van der Waals surface area (Å²) in [6.45, 7) is 1.66. The maximum absolute atomic E-state index is 13.0.